The maximum atomic E-state index is 10.5. The van der Waals surface area contributed by atoms with Crippen LogP contribution in [-0.4, -0.2) is 30.4 Å². The Morgan fingerprint density at radius 3 is 2.20 bits per heavy atom. The third kappa shape index (κ3) is 3.88. The first-order chi connectivity index (χ1) is 4.54. The molecule has 1 N–H and O–H groups in total. The number of hydrogen-bond donors (Lipinski definition) is 1. The molecule has 0 unspecified atom stereocenters. The van der Waals surface area contributed by atoms with Gasteiger partial charge in [-0.3, -0.25) is 9.59 Å². The molecule has 0 heterocycles. The van der Waals surface area contributed by atoms with Crippen LogP contribution in [0.5, 0.6) is 0 Å². The third-order valence-corrected chi connectivity index (χ3v) is 1.10. The zero-order valence-electron chi connectivity index (χ0n) is 6.47. The third-order valence-electron chi connectivity index (χ3n) is 1.10. The smallest absolute Gasteiger partial charge is 0.220 e. The van der Waals surface area contributed by atoms with Crippen molar-refractivity contribution in [2.45, 2.75) is 13.8 Å². The summed E-state index contributed by atoms with van der Waals surface area (Å²) in [6.07, 6.45) is 0. The van der Waals surface area contributed by atoms with Crippen LogP contribution in [0.4, 0.5) is 0 Å². The SMILES string of the molecule is CC(=O)NCN(C)C(C)=O. The first kappa shape index (κ1) is 8.94. The van der Waals surface area contributed by atoms with E-state index in [9.17, 15) is 9.59 Å². The molecule has 0 aliphatic rings. The van der Waals surface area contributed by atoms with Crippen molar-refractivity contribution in [1.82, 2.24) is 10.2 Å². The zero-order valence-corrected chi connectivity index (χ0v) is 6.47. The number of nitrogens with one attached hydrogen (secondary N) is 1. The highest BCUT2D eigenvalue weighted by molar-refractivity contribution is 5.75. The van der Waals surface area contributed by atoms with Gasteiger partial charge in [0, 0.05) is 20.9 Å². The molecule has 10 heavy (non-hydrogen) atoms. The van der Waals surface area contributed by atoms with Gasteiger partial charge in [0.05, 0.1) is 6.67 Å². The van der Waals surface area contributed by atoms with Gasteiger partial charge in [-0.15, -0.1) is 0 Å². The molecule has 4 heteroatoms. The number of carbonyl (C=O) groups is 2. The van der Waals surface area contributed by atoms with E-state index in [0.29, 0.717) is 0 Å². The lowest BCUT2D eigenvalue weighted by molar-refractivity contribution is -0.128. The van der Waals surface area contributed by atoms with Gasteiger partial charge in [0.15, 0.2) is 0 Å². The average Bonchev–Trinajstić information content (AvgIpc) is 1.82. The topological polar surface area (TPSA) is 49.4 Å². The molecular weight excluding hydrogens is 132 g/mol. The number of rotatable bonds is 2. The zero-order chi connectivity index (χ0) is 8.15. The van der Waals surface area contributed by atoms with Crippen LogP contribution in [0.3, 0.4) is 0 Å². The van der Waals surface area contributed by atoms with Crippen molar-refractivity contribution in [2.24, 2.45) is 0 Å². The van der Waals surface area contributed by atoms with E-state index in [0.717, 1.165) is 0 Å². The Kier molecular flexibility index (Phi) is 3.46. The molecule has 0 aliphatic carbocycles. The van der Waals surface area contributed by atoms with Gasteiger partial charge in [0.25, 0.3) is 0 Å². The van der Waals surface area contributed by atoms with E-state index in [4.69, 9.17) is 0 Å². The predicted molar refractivity (Wildman–Crippen MR) is 37.1 cm³/mol. The van der Waals surface area contributed by atoms with E-state index < -0.39 is 0 Å². The fourth-order valence-electron chi connectivity index (χ4n) is 0.341. The van der Waals surface area contributed by atoms with Crippen molar-refractivity contribution < 1.29 is 9.59 Å². The molecule has 0 spiro atoms. The number of carbonyl (C=O) groups excluding carboxylic acids is 2. The van der Waals surface area contributed by atoms with Crippen LogP contribution < -0.4 is 5.32 Å². The number of amides is 2. The van der Waals surface area contributed by atoms with E-state index in [1.807, 2.05) is 0 Å². The minimum Gasteiger partial charge on any atom is -0.339 e. The summed E-state index contributed by atoms with van der Waals surface area (Å²) in [6.45, 7) is 3.14. The van der Waals surface area contributed by atoms with Gasteiger partial charge in [-0.05, 0) is 0 Å². The monoisotopic (exact) mass is 144 g/mol. The van der Waals surface area contributed by atoms with Gasteiger partial charge in [0.2, 0.25) is 11.8 Å². The summed E-state index contributed by atoms with van der Waals surface area (Å²) >= 11 is 0. The van der Waals surface area contributed by atoms with Gasteiger partial charge in [-0.2, -0.15) is 0 Å². The quantitative estimate of drug-likeness (QED) is 0.534. The van der Waals surface area contributed by atoms with Crippen LogP contribution >= 0.6 is 0 Å². The Morgan fingerprint density at radius 1 is 1.40 bits per heavy atom. The Bertz CT molecular complexity index is 145. The molecule has 0 aromatic carbocycles. The maximum Gasteiger partial charge on any atom is 0.220 e. The minimum absolute atomic E-state index is 0.0613. The molecular formula is C6H12N2O2. The molecule has 0 fully saturated rings. The van der Waals surface area contributed by atoms with E-state index in [1.54, 1.807) is 7.05 Å². The standard InChI is InChI=1S/C6H12N2O2/c1-5(9)7-4-8(3)6(2)10/h4H2,1-3H3,(H,7,9). The molecule has 0 radical (unpaired) electrons. The summed E-state index contributed by atoms with van der Waals surface area (Å²) in [4.78, 5) is 22.3. The molecule has 4 nitrogen and oxygen atoms in total. The van der Waals surface area contributed by atoms with Crippen LogP contribution in [-0.2, 0) is 9.59 Å². The number of hydrogen-bond acceptors (Lipinski definition) is 2. The molecule has 0 aromatic heterocycles. The van der Waals surface area contributed by atoms with Crippen LogP contribution in [0.2, 0.25) is 0 Å². The summed E-state index contributed by atoms with van der Waals surface area (Å²) in [5.74, 6) is -0.193. The van der Waals surface area contributed by atoms with Crippen LogP contribution in [0.15, 0.2) is 0 Å². The summed E-state index contributed by atoms with van der Waals surface area (Å²) in [5.41, 5.74) is 0. The van der Waals surface area contributed by atoms with Crippen molar-refractivity contribution in [3.63, 3.8) is 0 Å². The van der Waals surface area contributed by atoms with E-state index >= 15 is 0 Å². The van der Waals surface area contributed by atoms with Crippen molar-refractivity contribution >= 4 is 11.8 Å². The highest BCUT2D eigenvalue weighted by Crippen LogP contribution is 1.78. The van der Waals surface area contributed by atoms with E-state index in [1.165, 1.54) is 18.7 Å². The highest BCUT2D eigenvalue weighted by Gasteiger charge is 2.00. The average molecular weight is 144 g/mol. The summed E-state index contributed by atoms with van der Waals surface area (Å²) in [6, 6.07) is 0. The summed E-state index contributed by atoms with van der Waals surface area (Å²) < 4.78 is 0. The summed E-state index contributed by atoms with van der Waals surface area (Å²) in [7, 11) is 1.62. The molecule has 58 valence electrons. The molecule has 0 rings (SSSR count). The van der Waals surface area contributed by atoms with Gasteiger partial charge in [0.1, 0.15) is 0 Å². The second-order valence-corrected chi connectivity index (χ2v) is 2.11. The molecule has 2 amide bonds. The second-order valence-electron chi connectivity index (χ2n) is 2.11. The normalized spacial score (nSPS) is 8.70. The largest absolute Gasteiger partial charge is 0.339 e. The molecule has 0 aliphatic heterocycles. The van der Waals surface area contributed by atoms with E-state index in [-0.39, 0.29) is 18.5 Å². The minimum atomic E-state index is -0.131. The van der Waals surface area contributed by atoms with Gasteiger partial charge in [-0.1, -0.05) is 0 Å². The lowest BCUT2D eigenvalue weighted by atomic mass is 10.6. The van der Waals surface area contributed by atoms with Crippen LogP contribution in [0, 0.1) is 0 Å². The van der Waals surface area contributed by atoms with Crippen molar-refractivity contribution in [1.29, 1.82) is 0 Å². The highest BCUT2D eigenvalue weighted by atomic mass is 16.2. The molecule has 0 saturated heterocycles. The fourth-order valence-corrected chi connectivity index (χ4v) is 0.341. The summed E-state index contributed by atoms with van der Waals surface area (Å²) in [5, 5.41) is 2.49. The fraction of sp³-hybridized carbons (Fsp3) is 0.667. The molecule has 0 aromatic rings. The van der Waals surface area contributed by atoms with Gasteiger partial charge >= 0.3 is 0 Å². The Labute approximate surface area is 60.2 Å². The number of nitrogens with zero attached hydrogens (tertiary/aromatic N) is 1. The second kappa shape index (κ2) is 3.87. The van der Waals surface area contributed by atoms with Crippen LogP contribution in [0.25, 0.3) is 0 Å². The lowest BCUT2D eigenvalue weighted by Gasteiger charge is -2.13. The molecule has 0 bridgehead atoms. The van der Waals surface area contributed by atoms with Crippen molar-refractivity contribution in [3.8, 4) is 0 Å². The predicted octanol–water partition coefficient (Wildman–Crippen LogP) is -0.442. The maximum absolute atomic E-state index is 10.5. The van der Waals surface area contributed by atoms with Crippen molar-refractivity contribution in [2.75, 3.05) is 13.7 Å². The van der Waals surface area contributed by atoms with Gasteiger partial charge < -0.3 is 10.2 Å². The van der Waals surface area contributed by atoms with E-state index in [2.05, 4.69) is 5.32 Å². The van der Waals surface area contributed by atoms with Crippen molar-refractivity contribution in [3.05, 3.63) is 0 Å². The first-order valence-electron chi connectivity index (χ1n) is 3.00. The Balaban J connectivity index is 3.49. The molecule has 0 atom stereocenters. The van der Waals surface area contributed by atoms with Gasteiger partial charge in [-0.25, -0.2) is 0 Å². The van der Waals surface area contributed by atoms with Crippen LogP contribution in [0.1, 0.15) is 13.8 Å². The lowest BCUT2D eigenvalue weighted by Crippen LogP contribution is -2.36. The Morgan fingerprint density at radius 2 is 1.90 bits per heavy atom. The Hall–Kier alpha value is -1.06. The first-order valence-corrected chi connectivity index (χ1v) is 3.00. The molecule has 0 saturated carbocycles.